The van der Waals surface area contributed by atoms with Gasteiger partial charge in [-0.05, 0) is 36.2 Å². The third-order valence-electron chi connectivity index (χ3n) is 2.65. The molecule has 2 N–H and O–H groups in total. The molecule has 4 heteroatoms. The number of ether oxygens (including phenoxy) is 1. The minimum Gasteiger partial charge on any atom is -0.496 e. The first-order valence-electron chi connectivity index (χ1n) is 5.31. The van der Waals surface area contributed by atoms with Gasteiger partial charge in [0, 0.05) is 16.1 Å². The summed E-state index contributed by atoms with van der Waals surface area (Å²) in [6.45, 7) is 0. The lowest BCUT2D eigenvalue weighted by Crippen LogP contribution is -2.13. The van der Waals surface area contributed by atoms with Gasteiger partial charge < -0.3 is 14.9 Å². The summed E-state index contributed by atoms with van der Waals surface area (Å²) < 4.78 is 11.4. The van der Waals surface area contributed by atoms with Crippen LogP contribution in [-0.4, -0.2) is 7.11 Å². The first kappa shape index (κ1) is 12.2. The predicted octanol–water partition coefficient (Wildman–Crippen LogP) is 3.29. The topological polar surface area (TPSA) is 48.4 Å². The highest BCUT2D eigenvalue weighted by atomic mass is 79.9. The fraction of sp³-hybridized carbons (Fsp3) is 0.231. The normalized spacial score (nSPS) is 12.4. The Bertz CT molecular complexity index is 482. The Morgan fingerprint density at radius 1 is 1.41 bits per heavy atom. The van der Waals surface area contributed by atoms with Gasteiger partial charge in [-0.2, -0.15) is 0 Å². The van der Waals surface area contributed by atoms with Gasteiger partial charge in [0.1, 0.15) is 5.75 Å². The molecular formula is C13H14BrNO2. The zero-order valence-corrected chi connectivity index (χ0v) is 11.1. The maximum absolute atomic E-state index is 6.11. The standard InChI is InChI=1S/C13H14BrNO2/c1-16-13-3-2-11(14)6-10(13)7-12(15)9-4-5-17-8-9/h2-6,8,12H,7,15H2,1H3. The van der Waals surface area contributed by atoms with Crippen LogP contribution in [0.3, 0.4) is 0 Å². The van der Waals surface area contributed by atoms with Gasteiger partial charge in [0.15, 0.2) is 0 Å². The summed E-state index contributed by atoms with van der Waals surface area (Å²) in [6, 6.07) is 7.71. The smallest absolute Gasteiger partial charge is 0.122 e. The molecule has 17 heavy (non-hydrogen) atoms. The van der Waals surface area contributed by atoms with Crippen LogP contribution in [0.15, 0.2) is 45.7 Å². The maximum Gasteiger partial charge on any atom is 0.122 e. The van der Waals surface area contributed by atoms with Crippen LogP contribution in [0.2, 0.25) is 0 Å². The van der Waals surface area contributed by atoms with Crippen molar-refractivity contribution in [3.63, 3.8) is 0 Å². The van der Waals surface area contributed by atoms with E-state index < -0.39 is 0 Å². The summed E-state index contributed by atoms with van der Waals surface area (Å²) in [7, 11) is 1.66. The van der Waals surface area contributed by atoms with Gasteiger partial charge in [0.25, 0.3) is 0 Å². The van der Waals surface area contributed by atoms with E-state index in [9.17, 15) is 0 Å². The largest absolute Gasteiger partial charge is 0.496 e. The number of furan rings is 1. The summed E-state index contributed by atoms with van der Waals surface area (Å²) in [5, 5.41) is 0. The quantitative estimate of drug-likeness (QED) is 0.941. The van der Waals surface area contributed by atoms with E-state index in [2.05, 4.69) is 15.9 Å². The molecule has 0 saturated carbocycles. The zero-order valence-electron chi connectivity index (χ0n) is 9.52. The monoisotopic (exact) mass is 295 g/mol. The number of halogens is 1. The van der Waals surface area contributed by atoms with Gasteiger partial charge in [0.05, 0.1) is 19.6 Å². The lowest BCUT2D eigenvalue weighted by Gasteiger charge is -2.13. The fourth-order valence-electron chi connectivity index (χ4n) is 1.75. The molecule has 2 rings (SSSR count). The highest BCUT2D eigenvalue weighted by Gasteiger charge is 2.12. The van der Waals surface area contributed by atoms with Gasteiger partial charge in [-0.3, -0.25) is 0 Å². The van der Waals surface area contributed by atoms with E-state index in [-0.39, 0.29) is 6.04 Å². The van der Waals surface area contributed by atoms with Crippen LogP contribution in [0.25, 0.3) is 0 Å². The Hall–Kier alpha value is -1.26. The van der Waals surface area contributed by atoms with Crippen LogP contribution < -0.4 is 10.5 Å². The van der Waals surface area contributed by atoms with E-state index in [4.69, 9.17) is 14.9 Å². The van der Waals surface area contributed by atoms with E-state index in [1.165, 1.54) is 0 Å². The molecule has 0 spiro atoms. The van der Waals surface area contributed by atoms with E-state index in [1.54, 1.807) is 19.6 Å². The fourth-order valence-corrected chi connectivity index (χ4v) is 2.16. The number of benzene rings is 1. The Morgan fingerprint density at radius 3 is 2.88 bits per heavy atom. The molecule has 0 aliphatic heterocycles. The summed E-state index contributed by atoms with van der Waals surface area (Å²) in [5.74, 6) is 0.854. The predicted molar refractivity (Wildman–Crippen MR) is 70.0 cm³/mol. The molecule has 0 bridgehead atoms. The molecule has 0 amide bonds. The minimum atomic E-state index is -0.0862. The van der Waals surface area contributed by atoms with Gasteiger partial charge in [-0.1, -0.05) is 15.9 Å². The Labute approximate surface area is 109 Å². The van der Waals surface area contributed by atoms with Crippen LogP contribution in [0.4, 0.5) is 0 Å². The van der Waals surface area contributed by atoms with Gasteiger partial charge in [0.2, 0.25) is 0 Å². The molecule has 3 nitrogen and oxygen atoms in total. The van der Waals surface area contributed by atoms with Crippen LogP contribution in [-0.2, 0) is 6.42 Å². The van der Waals surface area contributed by atoms with Crippen molar-refractivity contribution >= 4 is 15.9 Å². The second-order valence-electron chi connectivity index (χ2n) is 3.82. The molecular weight excluding hydrogens is 282 g/mol. The molecule has 90 valence electrons. The van der Waals surface area contributed by atoms with Crippen LogP contribution in [0, 0.1) is 0 Å². The molecule has 1 aromatic heterocycles. The maximum atomic E-state index is 6.11. The van der Waals surface area contributed by atoms with Crippen LogP contribution >= 0.6 is 15.9 Å². The van der Waals surface area contributed by atoms with E-state index in [1.807, 2.05) is 24.3 Å². The van der Waals surface area contributed by atoms with Crippen molar-refractivity contribution in [3.05, 3.63) is 52.4 Å². The zero-order chi connectivity index (χ0) is 12.3. The average molecular weight is 296 g/mol. The van der Waals surface area contributed by atoms with Crippen LogP contribution in [0.5, 0.6) is 5.75 Å². The minimum absolute atomic E-state index is 0.0862. The first-order valence-corrected chi connectivity index (χ1v) is 6.10. The van der Waals surface area contributed by atoms with Crippen molar-refractivity contribution in [2.24, 2.45) is 5.73 Å². The summed E-state index contributed by atoms with van der Waals surface area (Å²) in [6.07, 6.45) is 4.02. The molecule has 0 aliphatic rings. The Morgan fingerprint density at radius 2 is 2.24 bits per heavy atom. The number of rotatable bonds is 4. The van der Waals surface area contributed by atoms with Crippen molar-refractivity contribution in [1.82, 2.24) is 0 Å². The molecule has 2 aromatic rings. The summed E-state index contributed by atoms with van der Waals surface area (Å²) >= 11 is 3.45. The highest BCUT2D eigenvalue weighted by Crippen LogP contribution is 2.27. The molecule has 0 radical (unpaired) electrons. The highest BCUT2D eigenvalue weighted by molar-refractivity contribution is 9.10. The van der Waals surface area contributed by atoms with E-state index in [0.717, 1.165) is 21.3 Å². The number of hydrogen-bond donors (Lipinski definition) is 1. The second kappa shape index (κ2) is 5.38. The van der Waals surface area contributed by atoms with E-state index in [0.29, 0.717) is 6.42 Å². The average Bonchev–Trinajstić information content (AvgIpc) is 2.83. The molecule has 1 heterocycles. The van der Waals surface area contributed by atoms with Crippen molar-refractivity contribution in [1.29, 1.82) is 0 Å². The molecule has 0 saturated heterocycles. The lowest BCUT2D eigenvalue weighted by molar-refractivity contribution is 0.408. The van der Waals surface area contributed by atoms with Crippen molar-refractivity contribution < 1.29 is 9.15 Å². The third-order valence-corrected chi connectivity index (χ3v) is 3.15. The second-order valence-corrected chi connectivity index (χ2v) is 4.74. The number of nitrogens with two attached hydrogens (primary N) is 1. The Kier molecular flexibility index (Phi) is 3.86. The molecule has 1 unspecified atom stereocenters. The first-order chi connectivity index (χ1) is 8.20. The van der Waals surface area contributed by atoms with E-state index >= 15 is 0 Å². The Balaban J connectivity index is 2.20. The van der Waals surface area contributed by atoms with Crippen molar-refractivity contribution in [2.45, 2.75) is 12.5 Å². The number of methoxy groups -OCH3 is 1. The van der Waals surface area contributed by atoms with Gasteiger partial charge >= 0.3 is 0 Å². The van der Waals surface area contributed by atoms with Crippen LogP contribution in [0.1, 0.15) is 17.2 Å². The molecule has 0 aliphatic carbocycles. The van der Waals surface area contributed by atoms with Gasteiger partial charge in [-0.15, -0.1) is 0 Å². The number of hydrogen-bond acceptors (Lipinski definition) is 3. The van der Waals surface area contributed by atoms with Crippen molar-refractivity contribution in [3.8, 4) is 5.75 Å². The SMILES string of the molecule is COc1ccc(Br)cc1CC(N)c1ccoc1. The van der Waals surface area contributed by atoms with Crippen molar-refractivity contribution in [2.75, 3.05) is 7.11 Å². The molecule has 1 atom stereocenters. The molecule has 1 aromatic carbocycles. The third kappa shape index (κ3) is 2.90. The lowest BCUT2D eigenvalue weighted by atomic mass is 10.0. The summed E-state index contributed by atoms with van der Waals surface area (Å²) in [4.78, 5) is 0. The van der Waals surface area contributed by atoms with Gasteiger partial charge in [-0.25, -0.2) is 0 Å². The molecule has 0 fully saturated rings. The summed E-state index contributed by atoms with van der Waals surface area (Å²) in [5.41, 5.74) is 8.19.